The largest absolute Gasteiger partial charge is 0.496 e. The first-order valence-electron chi connectivity index (χ1n) is 8.32. The third-order valence-corrected chi connectivity index (χ3v) is 4.46. The van der Waals surface area contributed by atoms with Crippen LogP contribution in [0.5, 0.6) is 5.75 Å². The van der Waals surface area contributed by atoms with E-state index in [0.29, 0.717) is 23.1 Å². The molecule has 7 heteroatoms. The monoisotopic (exact) mass is 382 g/mol. The summed E-state index contributed by atoms with van der Waals surface area (Å²) >= 11 is 6.07. The van der Waals surface area contributed by atoms with Crippen LogP contribution in [0, 0.1) is 6.92 Å². The van der Waals surface area contributed by atoms with Crippen LogP contribution in [0.2, 0.25) is 5.02 Å². The second-order valence-corrected chi connectivity index (χ2v) is 6.23. The zero-order valence-electron chi connectivity index (χ0n) is 15.0. The lowest BCUT2D eigenvalue weighted by Crippen LogP contribution is -2.15. The molecule has 0 bridgehead atoms. The second-order valence-electron chi connectivity index (χ2n) is 5.82. The molecule has 0 aliphatic rings. The van der Waals surface area contributed by atoms with E-state index in [0.717, 1.165) is 16.9 Å². The van der Waals surface area contributed by atoms with Gasteiger partial charge in [-0.1, -0.05) is 35.9 Å². The number of hydrogen-bond donors (Lipinski definition) is 2. The number of benzene rings is 2. The van der Waals surface area contributed by atoms with E-state index in [2.05, 4.69) is 20.6 Å². The minimum atomic E-state index is -0.343. The van der Waals surface area contributed by atoms with Gasteiger partial charge in [-0.3, -0.25) is 4.79 Å². The first kappa shape index (κ1) is 18.7. The molecular weight excluding hydrogens is 364 g/mol. The normalized spacial score (nSPS) is 10.3. The number of methoxy groups -OCH3 is 1. The molecule has 0 radical (unpaired) electrons. The third-order valence-electron chi connectivity index (χ3n) is 4.05. The molecule has 0 saturated carbocycles. The molecule has 1 heterocycles. The Morgan fingerprint density at radius 1 is 1.11 bits per heavy atom. The third kappa shape index (κ3) is 4.54. The maximum absolute atomic E-state index is 12.4. The maximum Gasteiger partial charge on any atom is 0.275 e. The standard InChI is InChI=1S/C20H19ClN4O2/c1-13-15(21)7-5-8-16(13)25-20(26)17-11-24-19(12-22-17)23-10-14-6-3-4-9-18(14)27-2/h3-9,11-12H,10H2,1-2H3,(H,23,24)(H,25,26). The van der Waals surface area contributed by atoms with Crippen molar-refractivity contribution in [1.29, 1.82) is 0 Å². The fraction of sp³-hybridized carbons (Fsp3) is 0.150. The van der Waals surface area contributed by atoms with E-state index in [4.69, 9.17) is 16.3 Å². The van der Waals surface area contributed by atoms with Gasteiger partial charge in [-0.05, 0) is 30.7 Å². The molecule has 138 valence electrons. The molecule has 0 unspecified atom stereocenters. The van der Waals surface area contributed by atoms with Crippen molar-refractivity contribution in [2.45, 2.75) is 13.5 Å². The Labute approximate surface area is 162 Å². The van der Waals surface area contributed by atoms with Crippen molar-refractivity contribution in [3.63, 3.8) is 0 Å². The van der Waals surface area contributed by atoms with Gasteiger partial charge in [0.15, 0.2) is 0 Å². The molecule has 2 N–H and O–H groups in total. The minimum absolute atomic E-state index is 0.220. The summed E-state index contributed by atoms with van der Waals surface area (Å²) in [5, 5.41) is 6.55. The molecule has 27 heavy (non-hydrogen) atoms. The average molecular weight is 383 g/mol. The number of anilines is 2. The number of para-hydroxylation sites is 1. The zero-order chi connectivity index (χ0) is 19.2. The summed E-state index contributed by atoms with van der Waals surface area (Å²) in [6.07, 6.45) is 2.95. The number of carbonyl (C=O) groups is 1. The van der Waals surface area contributed by atoms with Crippen LogP contribution < -0.4 is 15.4 Å². The van der Waals surface area contributed by atoms with Crippen molar-refractivity contribution in [2.75, 3.05) is 17.7 Å². The van der Waals surface area contributed by atoms with Crippen molar-refractivity contribution in [3.8, 4) is 5.75 Å². The van der Waals surface area contributed by atoms with Gasteiger partial charge in [0, 0.05) is 22.8 Å². The molecule has 1 aromatic heterocycles. The Kier molecular flexibility index (Phi) is 5.88. The van der Waals surface area contributed by atoms with Gasteiger partial charge >= 0.3 is 0 Å². The second kappa shape index (κ2) is 8.51. The summed E-state index contributed by atoms with van der Waals surface area (Å²) in [7, 11) is 1.63. The van der Waals surface area contributed by atoms with Crippen LogP contribution in [-0.4, -0.2) is 23.0 Å². The van der Waals surface area contributed by atoms with Crippen molar-refractivity contribution in [3.05, 3.63) is 76.7 Å². The van der Waals surface area contributed by atoms with Crippen LogP contribution in [0.1, 0.15) is 21.6 Å². The van der Waals surface area contributed by atoms with Gasteiger partial charge in [-0.25, -0.2) is 9.97 Å². The van der Waals surface area contributed by atoms with E-state index in [1.807, 2.05) is 31.2 Å². The van der Waals surface area contributed by atoms with E-state index in [1.165, 1.54) is 12.4 Å². The predicted octanol–water partition coefficient (Wildman–Crippen LogP) is 4.31. The Morgan fingerprint density at radius 2 is 1.93 bits per heavy atom. The first-order chi connectivity index (χ1) is 13.1. The lowest BCUT2D eigenvalue weighted by Gasteiger charge is -2.11. The number of carbonyl (C=O) groups excluding carboxylic acids is 1. The molecule has 3 rings (SSSR count). The topological polar surface area (TPSA) is 76.1 Å². The van der Waals surface area contributed by atoms with Crippen molar-refractivity contribution < 1.29 is 9.53 Å². The molecule has 0 atom stereocenters. The number of aromatic nitrogens is 2. The van der Waals surface area contributed by atoms with Crippen LogP contribution >= 0.6 is 11.6 Å². The first-order valence-corrected chi connectivity index (χ1v) is 8.70. The molecule has 2 aromatic carbocycles. The summed E-state index contributed by atoms with van der Waals surface area (Å²) in [4.78, 5) is 20.8. The Bertz CT molecular complexity index is 945. The van der Waals surface area contributed by atoms with E-state index in [1.54, 1.807) is 25.3 Å². The molecule has 3 aromatic rings. The number of hydrogen-bond acceptors (Lipinski definition) is 5. The highest BCUT2D eigenvalue weighted by Crippen LogP contribution is 2.23. The van der Waals surface area contributed by atoms with Crippen LogP contribution in [-0.2, 0) is 6.54 Å². The summed E-state index contributed by atoms with van der Waals surface area (Å²) in [5.41, 5.74) is 2.67. The van der Waals surface area contributed by atoms with E-state index >= 15 is 0 Å². The highest BCUT2D eigenvalue weighted by atomic mass is 35.5. The highest BCUT2D eigenvalue weighted by Gasteiger charge is 2.11. The number of halogens is 1. The number of amides is 1. The number of nitrogens with zero attached hydrogens (tertiary/aromatic N) is 2. The minimum Gasteiger partial charge on any atom is -0.496 e. The van der Waals surface area contributed by atoms with Crippen LogP contribution in [0.3, 0.4) is 0 Å². The van der Waals surface area contributed by atoms with Gasteiger partial charge in [0.2, 0.25) is 0 Å². The Hall–Kier alpha value is -3.12. The zero-order valence-corrected chi connectivity index (χ0v) is 15.7. The van der Waals surface area contributed by atoms with Crippen LogP contribution in [0.15, 0.2) is 54.9 Å². The summed E-state index contributed by atoms with van der Waals surface area (Å²) in [6, 6.07) is 13.1. The van der Waals surface area contributed by atoms with E-state index in [-0.39, 0.29) is 11.6 Å². The van der Waals surface area contributed by atoms with Gasteiger partial charge < -0.3 is 15.4 Å². The van der Waals surface area contributed by atoms with Gasteiger partial charge in [-0.2, -0.15) is 0 Å². The predicted molar refractivity (Wildman–Crippen MR) is 106 cm³/mol. The van der Waals surface area contributed by atoms with Crippen molar-refractivity contribution in [1.82, 2.24) is 9.97 Å². The smallest absolute Gasteiger partial charge is 0.275 e. The van der Waals surface area contributed by atoms with Gasteiger partial charge in [-0.15, -0.1) is 0 Å². The lowest BCUT2D eigenvalue weighted by molar-refractivity contribution is 0.102. The molecule has 6 nitrogen and oxygen atoms in total. The van der Waals surface area contributed by atoms with Crippen LogP contribution in [0.25, 0.3) is 0 Å². The summed E-state index contributed by atoms with van der Waals surface area (Å²) < 4.78 is 5.32. The molecule has 0 fully saturated rings. The average Bonchev–Trinajstić information content (AvgIpc) is 2.70. The fourth-order valence-corrected chi connectivity index (χ4v) is 2.68. The van der Waals surface area contributed by atoms with Gasteiger partial charge in [0.25, 0.3) is 5.91 Å². The van der Waals surface area contributed by atoms with Crippen molar-refractivity contribution in [2.24, 2.45) is 0 Å². The summed E-state index contributed by atoms with van der Waals surface area (Å²) in [6.45, 7) is 2.38. The van der Waals surface area contributed by atoms with Crippen molar-refractivity contribution >= 4 is 29.0 Å². The number of rotatable bonds is 6. The molecule has 0 spiro atoms. The SMILES string of the molecule is COc1ccccc1CNc1cnc(C(=O)Nc2cccc(Cl)c2C)cn1. The van der Waals surface area contributed by atoms with Gasteiger partial charge in [0.05, 0.1) is 19.5 Å². The summed E-state index contributed by atoms with van der Waals surface area (Å²) in [5.74, 6) is 1.02. The quantitative estimate of drug-likeness (QED) is 0.664. The molecule has 0 aliphatic carbocycles. The lowest BCUT2D eigenvalue weighted by atomic mass is 10.2. The highest BCUT2D eigenvalue weighted by molar-refractivity contribution is 6.31. The van der Waals surface area contributed by atoms with Gasteiger partial charge in [0.1, 0.15) is 17.3 Å². The molecule has 0 aliphatic heterocycles. The fourth-order valence-electron chi connectivity index (χ4n) is 2.50. The molecule has 0 saturated heterocycles. The maximum atomic E-state index is 12.4. The van der Waals surface area contributed by atoms with E-state index < -0.39 is 0 Å². The number of nitrogens with one attached hydrogen (secondary N) is 2. The van der Waals surface area contributed by atoms with Crippen LogP contribution in [0.4, 0.5) is 11.5 Å². The molecule has 1 amide bonds. The van der Waals surface area contributed by atoms with E-state index in [9.17, 15) is 4.79 Å². The molecular formula is C20H19ClN4O2. The Balaban J connectivity index is 1.64. The number of ether oxygens (including phenoxy) is 1. The Morgan fingerprint density at radius 3 is 2.67 bits per heavy atom.